The molecule has 5 nitrogen and oxygen atoms in total. The van der Waals surface area contributed by atoms with Crippen molar-refractivity contribution in [2.24, 2.45) is 4.99 Å². The van der Waals surface area contributed by atoms with Crippen LogP contribution in [0, 0.1) is 10.1 Å². The van der Waals surface area contributed by atoms with Crippen LogP contribution in [-0.4, -0.2) is 34.7 Å². The minimum atomic E-state index is -0.362. The van der Waals surface area contributed by atoms with E-state index in [-0.39, 0.29) is 22.7 Å². The van der Waals surface area contributed by atoms with Gasteiger partial charge < -0.3 is 0 Å². The molecule has 0 aromatic heterocycles. The Hall–Kier alpha value is -2.05. The van der Waals surface area contributed by atoms with Gasteiger partial charge in [0.15, 0.2) is 0 Å². The van der Waals surface area contributed by atoms with Crippen LogP contribution in [0.2, 0.25) is 0 Å². The number of hydrogen-bond acceptors (Lipinski definition) is 4. The Kier molecular flexibility index (Phi) is 3.50. The molecule has 3 unspecified atom stereocenters. The van der Waals surface area contributed by atoms with Gasteiger partial charge in [-0.1, -0.05) is 40.2 Å². The number of halogens is 1. The lowest BCUT2D eigenvalue weighted by Gasteiger charge is -2.12. The van der Waals surface area contributed by atoms with E-state index in [4.69, 9.17) is 4.99 Å². The number of nitro benzene ring substituents is 1. The van der Waals surface area contributed by atoms with Gasteiger partial charge in [-0.25, -0.2) is 0 Å². The molecule has 0 saturated carbocycles. The maximum atomic E-state index is 10.8. The smallest absolute Gasteiger partial charge is 0.269 e. The van der Waals surface area contributed by atoms with Crippen LogP contribution >= 0.6 is 15.9 Å². The zero-order valence-corrected chi connectivity index (χ0v) is 13.8. The van der Waals surface area contributed by atoms with Crippen molar-refractivity contribution >= 4 is 27.3 Å². The highest BCUT2D eigenvalue weighted by Crippen LogP contribution is 2.46. The van der Waals surface area contributed by atoms with Crippen molar-refractivity contribution in [2.75, 3.05) is 13.1 Å². The third-order valence-electron chi connectivity index (χ3n) is 4.43. The number of aliphatic imine (C=N–C) groups is 1. The quantitative estimate of drug-likeness (QED) is 0.470. The third kappa shape index (κ3) is 2.58. The average Bonchev–Trinajstić information content (AvgIpc) is 3.30. The Labute approximate surface area is 141 Å². The summed E-state index contributed by atoms with van der Waals surface area (Å²) in [5, 5.41) is 10.8. The first-order valence-electron chi connectivity index (χ1n) is 7.45. The third-order valence-corrected chi connectivity index (χ3v) is 4.96. The van der Waals surface area contributed by atoms with Gasteiger partial charge in [0.05, 0.1) is 29.3 Å². The fourth-order valence-electron chi connectivity index (χ4n) is 3.29. The lowest BCUT2D eigenvalue weighted by Crippen LogP contribution is -2.22. The van der Waals surface area contributed by atoms with Gasteiger partial charge in [0.2, 0.25) is 0 Å². The normalized spacial score (nSPS) is 25.4. The number of benzene rings is 2. The van der Waals surface area contributed by atoms with Crippen molar-refractivity contribution in [1.82, 2.24) is 4.90 Å². The summed E-state index contributed by atoms with van der Waals surface area (Å²) in [5.41, 5.74) is 3.51. The van der Waals surface area contributed by atoms with E-state index in [9.17, 15) is 10.1 Å². The zero-order chi connectivity index (χ0) is 16.0. The molecular formula is C17H14BrN3O2. The molecule has 2 aliphatic heterocycles. The van der Waals surface area contributed by atoms with Gasteiger partial charge in [0, 0.05) is 23.2 Å². The van der Waals surface area contributed by atoms with Crippen molar-refractivity contribution in [3.8, 4) is 0 Å². The van der Waals surface area contributed by atoms with E-state index in [1.807, 2.05) is 24.3 Å². The molecule has 1 saturated heterocycles. The van der Waals surface area contributed by atoms with Crippen LogP contribution in [0.5, 0.6) is 0 Å². The lowest BCUT2D eigenvalue weighted by atomic mass is 10.0. The molecule has 2 heterocycles. The number of non-ortho nitro benzene ring substituents is 1. The predicted octanol–water partition coefficient (Wildman–Crippen LogP) is 3.59. The molecule has 6 heteroatoms. The molecule has 23 heavy (non-hydrogen) atoms. The van der Waals surface area contributed by atoms with Crippen molar-refractivity contribution < 1.29 is 4.92 Å². The molecule has 4 rings (SSSR count). The summed E-state index contributed by atoms with van der Waals surface area (Å²) in [6.07, 6.45) is 0. The number of hydrogen-bond donors (Lipinski definition) is 0. The molecule has 1 fully saturated rings. The first kappa shape index (κ1) is 14.5. The van der Waals surface area contributed by atoms with Gasteiger partial charge >= 0.3 is 0 Å². The van der Waals surface area contributed by atoms with Crippen molar-refractivity contribution in [2.45, 2.75) is 12.1 Å². The van der Waals surface area contributed by atoms with E-state index in [1.165, 1.54) is 0 Å². The maximum absolute atomic E-state index is 10.8. The molecule has 0 radical (unpaired) electrons. The van der Waals surface area contributed by atoms with Gasteiger partial charge in [-0.3, -0.25) is 20.0 Å². The first-order chi connectivity index (χ1) is 11.1. The van der Waals surface area contributed by atoms with E-state index in [0.29, 0.717) is 0 Å². The van der Waals surface area contributed by atoms with Crippen molar-refractivity contribution in [3.63, 3.8) is 0 Å². The fraction of sp³-hybridized carbons (Fsp3) is 0.235. The minimum Gasteiger partial charge on any atom is -0.286 e. The first-order valence-corrected chi connectivity index (χ1v) is 8.25. The molecule has 0 spiro atoms. The summed E-state index contributed by atoms with van der Waals surface area (Å²) in [7, 11) is 0. The molecule has 0 N–H and O–H groups in total. The average molecular weight is 372 g/mol. The molecule has 0 bridgehead atoms. The van der Waals surface area contributed by atoms with Crippen LogP contribution in [0.15, 0.2) is 58.0 Å². The molecular weight excluding hydrogens is 358 g/mol. The Morgan fingerprint density at radius 2 is 1.78 bits per heavy atom. The molecule has 3 atom stereocenters. The van der Waals surface area contributed by atoms with E-state index in [1.54, 1.807) is 12.1 Å². The number of nitro groups is 1. The highest BCUT2D eigenvalue weighted by molar-refractivity contribution is 9.10. The number of nitrogens with zero attached hydrogens (tertiary/aromatic N) is 3. The van der Waals surface area contributed by atoms with Gasteiger partial charge in [0.25, 0.3) is 5.69 Å². The number of fused-ring (bicyclic) bond motifs is 1. The summed E-state index contributed by atoms with van der Waals surface area (Å²) in [6.45, 7) is 1.73. The van der Waals surface area contributed by atoms with Crippen LogP contribution in [0.3, 0.4) is 0 Å². The summed E-state index contributed by atoms with van der Waals surface area (Å²) in [4.78, 5) is 17.5. The summed E-state index contributed by atoms with van der Waals surface area (Å²) >= 11 is 3.46. The zero-order valence-electron chi connectivity index (χ0n) is 12.2. The monoisotopic (exact) mass is 371 g/mol. The Morgan fingerprint density at radius 3 is 2.43 bits per heavy atom. The standard InChI is InChI=1S/C17H14BrN3O2/c18-13-5-1-11(2-6-13)15-17-16(20(17)10-9-19-15)12-3-7-14(8-4-12)21(22)23/h1-8,16-17H,9-10H2. The SMILES string of the molecule is O=[N+]([O-])c1ccc(C2C3C(c4ccc(Br)cc4)=NCCN32)cc1. The van der Waals surface area contributed by atoms with E-state index in [0.717, 1.165) is 34.4 Å². The van der Waals surface area contributed by atoms with Gasteiger partial charge in [0.1, 0.15) is 0 Å². The van der Waals surface area contributed by atoms with Crippen LogP contribution in [0.25, 0.3) is 0 Å². The van der Waals surface area contributed by atoms with Gasteiger partial charge in [-0.15, -0.1) is 0 Å². The second-order valence-corrected chi connectivity index (χ2v) is 6.67. The summed E-state index contributed by atoms with van der Waals surface area (Å²) < 4.78 is 1.05. The van der Waals surface area contributed by atoms with Gasteiger partial charge in [-0.05, 0) is 23.3 Å². The molecule has 0 aliphatic carbocycles. The van der Waals surface area contributed by atoms with Crippen molar-refractivity contribution in [1.29, 1.82) is 0 Å². The highest BCUT2D eigenvalue weighted by atomic mass is 79.9. The Bertz CT molecular complexity index is 786. The van der Waals surface area contributed by atoms with Crippen molar-refractivity contribution in [3.05, 3.63) is 74.2 Å². The van der Waals surface area contributed by atoms with Crippen LogP contribution in [0.1, 0.15) is 17.2 Å². The van der Waals surface area contributed by atoms with E-state index >= 15 is 0 Å². The van der Waals surface area contributed by atoms with E-state index < -0.39 is 0 Å². The molecule has 2 aromatic rings. The van der Waals surface area contributed by atoms with Gasteiger partial charge in [-0.2, -0.15) is 0 Å². The fourth-order valence-corrected chi connectivity index (χ4v) is 3.55. The minimum absolute atomic E-state index is 0.133. The van der Waals surface area contributed by atoms with Crippen LogP contribution in [-0.2, 0) is 0 Å². The lowest BCUT2D eigenvalue weighted by molar-refractivity contribution is -0.384. The largest absolute Gasteiger partial charge is 0.286 e. The van der Waals surface area contributed by atoms with E-state index in [2.05, 4.69) is 33.0 Å². The summed E-state index contributed by atoms with van der Waals surface area (Å²) in [6, 6.07) is 15.7. The Balaban J connectivity index is 1.60. The molecule has 2 aliphatic rings. The van der Waals surface area contributed by atoms with Crippen LogP contribution < -0.4 is 0 Å². The molecule has 2 aromatic carbocycles. The van der Waals surface area contributed by atoms with Crippen LogP contribution in [0.4, 0.5) is 5.69 Å². The predicted molar refractivity (Wildman–Crippen MR) is 91.9 cm³/mol. The second-order valence-electron chi connectivity index (χ2n) is 5.75. The maximum Gasteiger partial charge on any atom is 0.269 e. The number of rotatable bonds is 3. The highest BCUT2D eigenvalue weighted by Gasteiger charge is 2.52. The second kappa shape index (κ2) is 5.54. The molecule has 116 valence electrons. The summed E-state index contributed by atoms with van der Waals surface area (Å²) in [5.74, 6) is 0. The Morgan fingerprint density at radius 1 is 1.09 bits per heavy atom. The molecule has 0 amide bonds. The topological polar surface area (TPSA) is 58.5 Å².